The fourth-order valence-electron chi connectivity index (χ4n) is 4.45. The van der Waals surface area contributed by atoms with Crippen LogP contribution in [0, 0.1) is 11.8 Å². The van der Waals surface area contributed by atoms with Gasteiger partial charge in [0.15, 0.2) is 0 Å². The quantitative estimate of drug-likeness (QED) is 0.758. The van der Waals surface area contributed by atoms with Crippen LogP contribution in [0.4, 0.5) is 0 Å². The van der Waals surface area contributed by atoms with E-state index in [1.54, 1.807) is 0 Å². The molecular weight excluding hydrogens is 210 g/mol. The second kappa shape index (κ2) is 5.27. The van der Waals surface area contributed by atoms with E-state index in [4.69, 9.17) is 0 Å². The number of rotatable bonds is 1. The maximum atomic E-state index is 10.2. The summed E-state index contributed by atoms with van der Waals surface area (Å²) in [4.78, 5) is 2.64. The molecular formula is C15H27NO. The Balaban J connectivity index is 1.60. The van der Waals surface area contributed by atoms with Crippen LogP contribution in [-0.2, 0) is 0 Å². The molecule has 2 saturated carbocycles. The Bertz CT molecular complexity index is 255. The van der Waals surface area contributed by atoms with Gasteiger partial charge in [-0.25, -0.2) is 0 Å². The molecule has 1 saturated heterocycles. The van der Waals surface area contributed by atoms with Gasteiger partial charge >= 0.3 is 0 Å². The van der Waals surface area contributed by atoms with E-state index in [9.17, 15) is 5.11 Å². The van der Waals surface area contributed by atoms with Crippen LogP contribution in [0.2, 0.25) is 0 Å². The van der Waals surface area contributed by atoms with Crippen molar-refractivity contribution in [2.45, 2.75) is 69.9 Å². The zero-order chi connectivity index (χ0) is 11.7. The highest BCUT2D eigenvalue weighted by Crippen LogP contribution is 2.38. The van der Waals surface area contributed by atoms with Gasteiger partial charge in [-0.1, -0.05) is 32.1 Å². The molecule has 0 aromatic carbocycles. The van der Waals surface area contributed by atoms with Gasteiger partial charge in [-0.2, -0.15) is 0 Å². The molecule has 1 aliphatic heterocycles. The molecule has 4 unspecified atom stereocenters. The highest BCUT2D eigenvalue weighted by molar-refractivity contribution is 4.90. The molecule has 0 bridgehead atoms. The number of hydrogen-bond acceptors (Lipinski definition) is 2. The number of piperidine rings is 1. The fourth-order valence-corrected chi connectivity index (χ4v) is 4.45. The number of likely N-dealkylation sites (tertiary alicyclic amines) is 1. The summed E-state index contributed by atoms with van der Waals surface area (Å²) in [5.74, 6) is 1.97. The van der Waals surface area contributed by atoms with Crippen LogP contribution in [0.15, 0.2) is 0 Å². The highest BCUT2D eigenvalue weighted by atomic mass is 16.3. The minimum Gasteiger partial charge on any atom is -0.391 e. The zero-order valence-electron chi connectivity index (χ0n) is 11.0. The van der Waals surface area contributed by atoms with Crippen molar-refractivity contribution in [1.82, 2.24) is 4.90 Å². The monoisotopic (exact) mass is 237 g/mol. The van der Waals surface area contributed by atoms with Crippen LogP contribution < -0.4 is 0 Å². The first-order chi connectivity index (χ1) is 8.34. The third kappa shape index (κ3) is 2.53. The largest absolute Gasteiger partial charge is 0.391 e. The van der Waals surface area contributed by atoms with E-state index in [1.807, 2.05) is 0 Å². The SMILES string of the molecule is OC1CCCCC1N1CCC2CCCCC2C1. The first kappa shape index (κ1) is 12.0. The Kier molecular flexibility index (Phi) is 3.72. The number of fused-ring (bicyclic) bond motifs is 1. The summed E-state index contributed by atoms with van der Waals surface area (Å²) < 4.78 is 0. The summed E-state index contributed by atoms with van der Waals surface area (Å²) in [7, 11) is 0. The summed E-state index contributed by atoms with van der Waals surface area (Å²) in [6, 6.07) is 0.492. The molecule has 3 fully saturated rings. The Morgan fingerprint density at radius 1 is 0.765 bits per heavy atom. The van der Waals surface area contributed by atoms with Gasteiger partial charge < -0.3 is 5.11 Å². The summed E-state index contributed by atoms with van der Waals surface area (Å²) >= 11 is 0. The predicted octanol–water partition coefficient (Wildman–Crippen LogP) is 2.80. The molecule has 2 nitrogen and oxygen atoms in total. The molecule has 0 amide bonds. The van der Waals surface area contributed by atoms with Gasteiger partial charge in [0.25, 0.3) is 0 Å². The van der Waals surface area contributed by atoms with Gasteiger partial charge in [-0.3, -0.25) is 4.90 Å². The fraction of sp³-hybridized carbons (Fsp3) is 1.00. The van der Waals surface area contributed by atoms with E-state index in [-0.39, 0.29) is 6.10 Å². The Hall–Kier alpha value is -0.0800. The molecule has 0 aromatic heterocycles. The molecule has 0 aromatic rings. The molecule has 0 spiro atoms. The maximum Gasteiger partial charge on any atom is 0.0695 e. The van der Waals surface area contributed by atoms with Crippen molar-refractivity contribution in [3.8, 4) is 0 Å². The van der Waals surface area contributed by atoms with Gasteiger partial charge in [-0.05, 0) is 44.1 Å². The first-order valence-corrected chi connectivity index (χ1v) is 7.77. The average Bonchev–Trinajstić information content (AvgIpc) is 2.39. The molecule has 3 rings (SSSR count). The summed E-state index contributed by atoms with van der Waals surface area (Å²) in [6.45, 7) is 2.54. The van der Waals surface area contributed by atoms with Crippen LogP contribution in [0.25, 0.3) is 0 Å². The van der Waals surface area contributed by atoms with E-state index in [0.29, 0.717) is 6.04 Å². The first-order valence-electron chi connectivity index (χ1n) is 7.77. The zero-order valence-corrected chi connectivity index (χ0v) is 11.0. The Labute approximate surface area is 105 Å². The van der Waals surface area contributed by atoms with Gasteiger partial charge in [0, 0.05) is 12.6 Å². The second-order valence-corrected chi connectivity index (χ2v) is 6.51. The van der Waals surface area contributed by atoms with Crippen molar-refractivity contribution in [2.24, 2.45) is 11.8 Å². The summed E-state index contributed by atoms with van der Waals surface area (Å²) in [5, 5.41) is 10.2. The summed E-state index contributed by atoms with van der Waals surface area (Å²) in [6.07, 6.45) is 12.0. The molecule has 4 atom stereocenters. The number of nitrogens with zero attached hydrogens (tertiary/aromatic N) is 1. The van der Waals surface area contributed by atoms with Crippen molar-refractivity contribution < 1.29 is 5.11 Å². The lowest BCUT2D eigenvalue weighted by molar-refractivity contribution is -0.0197. The van der Waals surface area contributed by atoms with Gasteiger partial charge in [-0.15, -0.1) is 0 Å². The van der Waals surface area contributed by atoms with Gasteiger partial charge in [0.2, 0.25) is 0 Å². The maximum absolute atomic E-state index is 10.2. The third-order valence-corrected chi connectivity index (χ3v) is 5.49. The lowest BCUT2D eigenvalue weighted by Crippen LogP contribution is -2.52. The van der Waals surface area contributed by atoms with E-state index < -0.39 is 0 Å². The summed E-state index contributed by atoms with van der Waals surface area (Å²) in [5.41, 5.74) is 0. The second-order valence-electron chi connectivity index (χ2n) is 6.51. The van der Waals surface area contributed by atoms with E-state index in [2.05, 4.69) is 4.90 Å². The topological polar surface area (TPSA) is 23.5 Å². The number of aliphatic hydroxyl groups excluding tert-OH is 1. The lowest BCUT2D eigenvalue weighted by atomic mass is 9.74. The van der Waals surface area contributed by atoms with Crippen molar-refractivity contribution in [2.75, 3.05) is 13.1 Å². The van der Waals surface area contributed by atoms with Crippen LogP contribution in [-0.4, -0.2) is 35.2 Å². The molecule has 3 aliphatic rings. The number of aliphatic hydroxyl groups is 1. The van der Waals surface area contributed by atoms with Crippen molar-refractivity contribution >= 4 is 0 Å². The van der Waals surface area contributed by atoms with Crippen LogP contribution in [0.3, 0.4) is 0 Å². The molecule has 2 aliphatic carbocycles. The van der Waals surface area contributed by atoms with E-state index in [0.717, 1.165) is 18.3 Å². The Morgan fingerprint density at radius 2 is 1.47 bits per heavy atom. The third-order valence-electron chi connectivity index (χ3n) is 5.49. The normalized spacial score (nSPS) is 44.3. The molecule has 2 heteroatoms. The minimum atomic E-state index is -0.0381. The molecule has 1 heterocycles. The molecule has 1 N–H and O–H groups in total. The number of hydrogen-bond donors (Lipinski definition) is 1. The average molecular weight is 237 g/mol. The molecule has 17 heavy (non-hydrogen) atoms. The predicted molar refractivity (Wildman–Crippen MR) is 69.9 cm³/mol. The molecule has 98 valence electrons. The van der Waals surface area contributed by atoms with Crippen molar-refractivity contribution in [1.29, 1.82) is 0 Å². The standard InChI is InChI=1S/C15H27NO/c17-15-8-4-3-7-14(15)16-10-9-12-5-1-2-6-13(12)11-16/h12-15,17H,1-11H2. The van der Waals surface area contributed by atoms with Crippen LogP contribution >= 0.6 is 0 Å². The van der Waals surface area contributed by atoms with Crippen LogP contribution in [0.5, 0.6) is 0 Å². The van der Waals surface area contributed by atoms with Crippen LogP contribution in [0.1, 0.15) is 57.8 Å². The van der Waals surface area contributed by atoms with E-state index >= 15 is 0 Å². The van der Waals surface area contributed by atoms with E-state index in [1.165, 1.54) is 64.5 Å². The minimum absolute atomic E-state index is 0.0381. The van der Waals surface area contributed by atoms with Crippen molar-refractivity contribution in [3.63, 3.8) is 0 Å². The Morgan fingerprint density at radius 3 is 2.29 bits per heavy atom. The smallest absolute Gasteiger partial charge is 0.0695 e. The highest BCUT2D eigenvalue weighted by Gasteiger charge is 2.36. The van der Waals surface area contributed by atoms with Gasteiger partial charge in [0.1, 0.15) is 0 Å². The molecule has 0 radical (unpaired) electrons. The van der Waals surface area contributed by atoms with Crippen molar-refractivity contribution in [3.05, 3.63) is 0 Å². The lowest BCUT2D eigenvalue weighted by Gasteiger charge is -2.46. The van der Waals surface area contributed by atoms with Gasteiger partial charge in [0.05, 0.1) is 6.10 Å².